The summed E-state index contributed by atoms with van der Waals surface area (Å²) in [6.45, 7) is 3.38. The first-order chi connectivity index (χ1) is 7.41. The average Bonchev–Trinajstić information content (AvgIpc) is 2.74. The van der Waals surface area contributed by atoms with Crippen molar-refractivity contribution in [3.05, 3.63) is 12.5 Å². The van der Waals surface area contributed by atoms with Crippen LogP contribution in [0.2, 0.25) is 0 Å². The van der Waals surface area contributed by atoms with E-state index in [1.54, 1.807) is 11.6 Å². The molecule has 0 radical (unpaired) electrons. The lowest BCUT2D eigenvalue weighted by atomic mass is 10.0. The van der Waals surface area contributed by atoms with Crippen LogP contribution in [0.3, 0.4) is 0 Å². The van der Waals surface area contributed by atoms with E-state index in [1.165, 1.54) is 12.5 Å². The van der Waals surface area contributed by atoms with Gasteiger partial charge in [0.2, 0.25) is 0 Å². The van der Waals surface area contributed by atoms with E-state index in [-0.39, 0.29) is 5.03 Å². The molecule has 7 heteroatoms. The summed E-state index contributed by atoms with van der Waals surface area (Å²) in [4.78, 5) is 3.85. The maximum absolute atomic E-state index is 12.0. The number of nitrogens with one attached hydrogen (secondary N) is 2. The van der Waals surface area contributed by atoms with Gasteiger partial charge in [-0.3, -0.25) is 0 Å². The van der Waals surface area contributed by atoms with Gasteiger partial charge in [0.25, 0.3) is 10.0 Å². The van der Waals surface area contributed by atoms with Gasteiger partial charge in [0.05, 0.1) is 6.33 Å². The van der Waals surface area contributed by atoms with Crippen molar-refractivity contribution in [2.45, 2.75) is 23.9 Å². The summed E-state index contributed by atoms with van der Waals surface area (Å²) in [6.07, 6.45) is 3.76. The molecule has 1 aliphatic rings. The third kappa shape index (κ3) is 2.26. The number of hydrogen-bond donors (Lipinski definition) is 2. The van der Waals surface area contributed by atoms with Crippen LogP contribution in [0.25, 0.3) is 0 Å². The molecule has 1 saturated heterocycles. The predicted molar refractivity (Wildman–Crippen MR) is 59.4 cm³/mol. The number of aromatic nitrogens is 2. The average molecular weight is 244 g/mol. The van der Waals surface area contributed by atoms with Crippen molar-refractivity contribution in [2.24, 2.45) is 7.05 Å². The van der Waals surface area contributed by atoms with E-state index in [2.05, 4.69) is 15.0 Å². The molecule has 0 aromatic carbocycles. The highest BCUT2D eigenvalue weighted by Gasteiger charge is 2.34. The molecule has 1 aromatic heterocycles. The standard InChI is InChI=1S/C9H16N4O2S/c1-9(3-4-10-6-9)12-16(14,15)8-5-13(2)7-11-8/h5,7,10,12H,3-4,6H2,1-2H3. The summed E-state index contributed by atoms with van der Waals surface area (Å²) in [5.41, 5.74) is -0.406. The molecule has 1 atom stereocenters. The largest absolute Gasteiger partial charge is 0.339 e. The van der Waals surface area contributed by atoms with Crippen molar-refractivity contribution in [3.63, 3.8) is 0 Å². The lowest BCUT2D eigenvalue weighted by molar-refractivity contribution is 0.451. The minimum atomic E-state index is -3.50. The molecular weight excluding hydrogens is 228 g/mol. The third-order valence-electron chi connectivity index (χ3n) is 2.71. The zero-order valence-electron chi connectivity index (χ0n) is 9.40. The van der Waals surface area contributed by atoms with Crippen LogP contribution < -0.4 is 10.0 Å². The van der Waals surface area contributed by atoms with Crippen molar-refractivity contribution in [2.75, 3.05) is 13.1 Å². The second-order valence-electron chi connectivity index (χ2n) is 4.47. The van der Waals surface area contributed by atoms with Crippen molar-refractivity contribution in [3.8, 4) is 0 Å². The normalized spacial score (nSPS) is 26.1. The van der Waals surface area contributed by atoms with E-state index in [0.717, 1.165) is 13.0 Å². The second-order valence-corrected chi connectivity index (χ2v) is 6.10. The number of imidazole rings is 1. The van der Waals surface area contributed by atoms with Gasteiger partial charge in [-0.1, -0.05) is 0 Å². The molecule has 2 N–H and O–H groups in total. The molecule has 0 spiro atoms. The van der Waals surface area contributed by atoms with Crippen LogP contribution in [-0.2, 0) is 17.1 Å². The van der Waals surface area contributed by atoms with Gasteiger partial charge in [0.15, 0.2) is 5.03 Å². The maximum atomic E-state index is 12.0. The number of rotatable bonds is 3. The van der Waals surface area contributed by atoms with Crippen LogP contribution in [0.5, 0.6) is 0 Å². The molecule has 1 aromatic rings. The Morgan fingerprint density at radius 2 is 2.38 bits per heavy atom. The smallest absolute Gasteiger partial charge is 0.260 e. The van der Waals surface area contributed by atoms with Gasteiger partial charge in [-0.05, 0) is 19.9 Å². The molecule has 90 valence electrons. The summed E-state index contributed by atoms with van der Waals surface area (Å²) >= 11 is 0. The fourth-order valence-corrected chi connectivity index (χ4v) is 3.23. The topological polar surface area (TPSA) is 76.0 Å². The molecule has 0 aliphatic carbocycles. The highest BCUT2D eigenvalue weighted by molar-refractivity contribution is 7.89. The van der Waals surface area contributed by atoms with Gasteiger partial charge < -0.3 is 9.88 Å². The Labute approximate surface area is 95.1 Å². The van der Waals surface area contributed by atoms with E-state index in [0.29, 0.717) is 6.54 Å². The molecular formula is C9H16N4O2S. The Bertz CT molecular complexity index is 473. The summed E-state index contributed by atoms with van der Waals surface area (Å²) < 4.78 is 28.3. The van der Waals surface area contributed by atoms with Crippen molar-refractivity contribution in [1.29, 1.82) is 0 Å². The van der Waals surface area contributed by atoms with E-state index < -0.39 is 15.6 Å². The van der Waals surface area contributed by atoms with Gasteiger partial charge in [-0.15, -0.1) is 0 Å². The Morgan fingerprint density at radius 1 is 1.62 bits per heavy atom. The molecule has 0 amide bonds. The summed E-state index contributed by atoms with van der Waals surface area (Å²) in [6, 6.07) is 0. The Kier molecular flexibility index (Phi) is 2.77. The fraction of sp³-hybridized carbons (Fsp3) is 0.667. The van der Waals surface area contributed by atoms with Crippen molar-refractivity contribution < 1.29 is 8.42 Å². The van der Waals surface area contributed by atoms with Crippen LogP contribution in [0.1, 0.15) is 13.3 Å². The highest BCUT2D eigenvalue weighted by atomic mass is 32.2. The van der Waals surface area contributed by atoms with Crippen LogP contribution in [0.4, 0.5) is 0 Å². The fourth-order valence-electron chi connectivity index (χ4n) is 1.81. The molecule has 2 rings (SSSR count). The lowest BCUT2D eigenvalue weighted by Gasteiger charge is -2.23. The van der Waals surface area contributed by atoms with E-state index in [9.17, 15) is 8.42 Å². The molecule has 2 heterocycles. The van der Waals surface area contributed by atoms with Crippen LogP contribution >= 0.6 is 0 Å². The SMILES string of the molecule is Cn1cnc(S(=O)(=O)NC2(C)CCNC2)c1. The highest BCUT2D eigenvalue weighted by Crippen LogP contribution is 2.17. The minimum absolute atomic E-state index is 0.0723. The van der Waals surface area contributed by atoms with E-state index in [1.807, 2.05) is 6.92 Å². The minimum Gasteiger partial charge on any atom is -0.339 e. The van der Waals surface area contributed by atoms with Crippen molar-refractivity contribution >= 4 is 10.0 Å². The quantitative estimate of drug-likeness (QED) is 0.748. The van der Waals surface area contributed by atoms with Gasteiger partial charge in [-0.25, -0.2) is 18.1 Å². The van der Waals surface area contributed by atoms with E-state index in [4.69, 9.17) is 0 Å². The first-order valence-corrected chi connectivity index (χ1v) is 6.62. The Balaban J connectivity index is 2.20. The number of aryl methyl sites for hydroxylation is 1. The van der Waals surface area contributed by atoms with E-state index >= 15 is 0 Å². The zero-order chi connectivity index (χ0) is 11.8. The maximum Gasteiger partial charge on any atom is 0.260 e. The molecule has 1 aliphatic heterocycles. The van der Waals surface area contributed by atoms with Gasteiger partial charge in [0.1, 0.15) is 0 Å². The lowest BCUT2D eigenvalue weighted by Crippen LogP contribution is -2.47. The molecule has 1 fully saturated rings. The van der Waals surface area contributed by atoms with Crippen LogP contribution in [0.15, 0.2) is 17.6 Å². The number of hydrogen-bond acceptors (Lipinski definition) is 4. The second kappa shape index (κ2) is 3.83. The first kappa shape index (κ1) is 11.6. The van der Waals surface area contributed by atoms with Gasteiger partial charge in [0, 0.05) is 25.3 Å². The molecule has 1 unspecified atom stereocenters. The molecule has 0 bridgehead atoms. The Hall–Kier alpha value is -0.920. The predicted octanol–water partition coefficient (Wildman–Crippen LogP) is -0.550. The number of sulfonamides is 1. The summed E-state index contributed by atoms with van der Waals surface area (Å²) in [5, 5.41) is 3.21. The molecule has 0 saturated carbocycles. The van der Waals surface area contributed by atoms with Crippen LogP contribution in [0, 0.1) is 0 Å². The van der Waals surface area contributed by atoms with Gasteiger partial charge >= 0.3 is 0 Å². The van der Waals surface area contributed by atoms with Crippen LogP contribution in [-0.4, -0.2) is 36.6 Å². The summed E-state index contributed by atoms with van der Waals surface area (Å²) in [7, 11) is -1.76. The zero-order valence-corrected chi connectivity index (χ0v) is 10.2. The first-order valence-electron chi connectivity index (χ1n) is 5.14. The monoisotopic (exact) mass is 244 g/mol. The molecule has 6 nitrogen and oxygen atoms in total. The number of nitrogens with zero attached hydrogens (tertiary/aromatic N) is 2. The molecule has 16 heavy (non-hydrogen) atoms. The van der Waals surface area contributed by atoms with Crippen molar-refractivity contribution in [1.82, 2.24) is 19.6 Å². The Morgan fingerprint density at radius 3 is 2.88 bits per heavy atom. The van der Waals surface area contributed by atoms with Gasteiger partial charge in [-0.2, -0.15) is 0 Å². The summed E-state index contributed by atoms with van der Waals surface area (Å²) in [5.74, 6) is 0. The third-order valence-corrected chi connectivity index (χ3v) is 4.23.